The molecule has 0 unspecified atom stereocenters. The van der Waals surface area contributed by atoms with Crippen LogP contribution in [-0.4, -0.2) is 42.1 Å². The van der Waals surface area contributed by atoms with E-state index in [9.17, 15) is 18.3 Å². The van der Waals surface area contributed by atoms with Gasteiger partial charge in [0.1, 0.15) is 6.04 Å². The maximum absolute atomic E-state index is 11.7. The number of halogens is 1. The highest BCUT2D eigenvalue weighted by Crippen LogP contribution is 2.33. The van der Waals surface area contributed by atoms with Gasteiger partial charge in [0.2, 0.25) is 0 Å². The Balaban J connectivity index is 0.000000284. The maximum Gasteiger partial charge on any atom is 0.397 e. The average molecular weight is 462 g/mol. The number of thiophene rings is 1. The highest BCUT2D eigenvalue weighted by Gasteiger charge is 2.31. The first-order valence-corrected chi connectivity index (χ1v) is 11.7. The van der Waals surface area contributed by atoms with Crippen LogP contribution in [0.2, 0.25) is 5.02 Å². The van der Waals surface area contributed by atoms with Crippen molar-refractivity contribution >= 4 is 39.3 Å². The number of carboxylic acids is 1. The molecule has 0 saturated heterocycles. The molecule has 1 atom stereocenters. The van der Waals surface area contributed by atoms with E-state index in [1.54, 1.807) is 23.5 Å². The second-order valence-electron chi connectivity index (χ2n) is 6.46. The van der Waals surface area contributed by atoms with E-state index in [0.717, 1.165) is 19.4 Å². The van der Waals surface area contributed by atoms with E-state index in [2.05, 4.69) is 15.6 Å². The molecule has 7 nitrogen and oxygen atoms in total. The molecule has 2 heterocycles. The number of fused-ring (bicyclic) bond motifs is 1. The van der Waals surface area contributed by atoms with Crippen LogP contribution in [0, 0.1) is 0 Å². The van der Waals surface area contributed by atoms with Gasteiger partial charge in [-0.15, -0.1) is 11.3 Å². The van der Waals surface area contributed by atoms with Gasteiger partial charge in [-0.25, -0.2) is 4.18 Å². The lowest BCUT2D eigenvalue weighted by Gasteiger charge is -2.32. The van der Waals surface area contributed by atoms with Crippen molar-refractivity contribution in [3.63, 3.8) is 0 Å². The largest absolute Gasteiger partial charge is 0.480 e. The summed E-state index contributed by atoms with van der Waals surface area (Å²) in [4.78, 5) is 15.1. The topological polar surface area (TPSA) is 104 Å². The molecule has 0 amide bonds. The van der Waals surface area contributed by atoms with Gasteiger partial charge >= 0.3 is 16.4 Å². The van der Waals surface area contributed by atoms with E-state index in [1.807, 2.05) is 24.0 Å². The average Bonchev–Trinajstić information content (AvgIpc) is 3.11. The highest BCUT2D eigenvalue weighted by atomic mass is 35.5. The Bertz CT molecular complexity index is 915. The van der Waals surface area contributed by atoms with Crippen LogP contribution in [0.25, 0.3) is 0 Å². The molecule has 160 valence electrons. The monoisotopic (exact) mass is 461 g/mol. The van der Waals surface area contributed by atoms with Crippen molar-refractivity contribution in [3.05, 3.63) is 56.7 Å². The molecule has 0 bridgehead atoms. The van der Waals surface area contributed by atoms with Crippen LogP contribution >= 0.6 is 22.9 Å². The molecule has 2 N–H and O–H groups in total. The van der Waals surface area contributed by atoms with Gasteiger partial charge in [0.05, 0.1) is 6.61 Å². The van der Waals surface area contributed by atoms with E-state index in [0.29, 0.717) is 23.6 Å². The third-order valence-electron chi connectivity index (χ3n) is 4.37. The molecule has 1 aromatic carbocycles. The Hall–Kier alpha value is -1.49. The lowest BCUT2D eigenvalue weighted by atomic mass is 10.0. The van der Waals surface area contributed by atoms with E-state index < -0.39 is 22.4 Å². The summed E-state index contributed by atoms with van der Waals surface area (Å²) >= 11 is 7.92. The lowest BCUT2D eigenvalue weighted by molar-refractivity contribution is -0.144. The molecule has 0 aliphatic carbocycles. The summed E-state index contributed by atoms with van der Waals surface area (Å²) in [6, 6.07) is 8.58. The second-order valence-corrected chi connectivity index (χ2v) is 8.95. The van der Waals surface area contributed by atoms with Crippen LogP contribution in [0.15, 0.2) is 35.7 Å². The Morgan fingerprint density at radius 1 is 1.34 bits per heavy atom. The van der Waals surface area contributed by atoms with Crippen molar-refractivity contribution in [2.45, 2.75) is 38.8 Å². The molecule has 3 rings (SSSR count). The van der Waals surface area contributed by atoms with Crippen LogP contribution < -0.4 is 0 Å². The van der Waals surface area contributed by atoms with Gasteiger partial charge in [-0.2, -0.15) is 8.42 Å². The number of hydrogen-bond donors (Lipinski definition) is 2. The van der Waals surface area contributed by atoms with Gasteiger partial charge in [0.15, 0.2) is 0 Å². The van der Waals surface area contributed by atoms with E-state index in [4.69, 9.17) is 16.2 Å². The van der Waals surface area contributed by atoms with Crippen molar-refractivity contribution in [1.29, 1.82) is 0 Å². The number of unbranched alkanes of at least 4 members (excludes halogenated alkanes) is 1. The zero-order valence-corrected chi connectivity index (χ0v) is 18.3. The maximum atomic E-state index is 11.7. The molecule has 1 aromatic heterocycles. The van der Waals surface area contributed by atoms with E-state index in [1.165, 1.54) is 10.4 Å². The third kappa shape index (κ3) is 7.36. The summed E-state index contributed by atoms with van der Waals surface area (Å²) in [5, 5.41) is 12.2. The van der Waals surface area contributed by atoms with Crippen molar-refractivity contribution in [2.75, 3.05) is 13.2 Å². The first-order valence-electron chi connectivity index (χ1n) is 9.11. The van der Waals surface area contributed by atoms with Crippen molar-refractivity contribution in [1.82, 2.24) is 4.90 Å². The molecule has 1 aliphatic rings. The Morgan fingerprint density at radius 3 is 2.69 bits per heavy atom. The van der Waals surface area contributed by atoms with Crippen LogP contribution in [0.1, 0.15) is 41.8 Å². The lowest BCUT2D eigenvalue weighted by Crippen LogP contribution is -2.37. The predicted molar refractivity (Wildman–Crippen MR) is 113 cm³/mol. The molecule has 0 fully saturated rings. The zero-order chi connectivity index (χ0) is 21.4. The normalized spacial score (nSPS) is 15.1. The number of carboxylic acid groups (broad SMARTS) is 1. The van der Waals surface area contributed by atoms with Gasteiger partial charge < -0.3 is 5.11 Å². The van der Waals surface area contributed by atoms with Gasteiger partial charge in [-0.3, -0.25) is 14.2 Å². The minimum atomic E-state index is -4.20. The molecule has 0 saturated carbocycles. The van der Waals surface area contributed by atoms with Crippen LogP contribution in [0.5, 0.6) is 0 Å². The summed E-state index contributed by atoms with van der Waals surface area (Å²) < 4.78 is 31.7. The Labute approximate surface area is 179 Å². The van der Waals surface area contributed by atoms with Crippen molar-refractivity contribution < 1.29 is 27.1 Å². The van der Waals surface area contributed by atoms with Crippen LogP contribution in [-0.2, 0) is 32.3 Å². The quantitative estimate of drug-likeness (QED) is 0.470. The molecule has 10 heteroatoms. The molecule has 0 spiro atoms. The fraction of sp³-hybridized carbons (Fsp3) is 0.421. The highest BCUT2D eigenvalue weighted by molar-refractivity contribution is 7.80. The number of rotatable bonds is 7. The number of benzene rings is 1. The predicted octanol–water partition coefficient (Wildman–Crippen LogP) is 4.19. The van der Waals surface area contributed by atoms with Crippen molar-refractivity contribution in [2.24, 2.45) is 0 Å². The Kier molecular flexibility index (Phi) is 9.06. The summed E-state index contributed by atoms with van der Waals surface area (Å²) in [7, 11) is -4.20. The van der Waals surface area contributed by atoms with Gasteiger partial charge in [0, 0.05) is 23.0 Å². The minimum absolute atomic E-state index is 0.0648. The van der Waals surface area contributed by atoms with Crippen LogP contribution in [0.4, 0.5) is 0 Å². The summed E-state index contributed by atoms with van der Waals surface area (Å²) in [5.74, 6) is -0.850. The molecule has 1 aliphatic heterocycles. The zero-order valence-electron chi connectivity index (χ0n) is 16.0. The van der Waals surface area contributed by atoms with Crippen molar-refractivity contribution in [3.8, 4) is 0 Å². The smallest absolute Gasteiger partial charge is 0.397 e. The molecule has 29 heavy (non-hydrogen) atoms. The van der Waals surface area contributed by atoms with Gasteiger partial charge in [0.25, 0.3) is 0 Å². The summed E-state index contributed by atoms with van der Waals surface area (Å²) in [6.45, 7) is 3.37. The first-order chi connectivity index (χ1) is 13.7. The molecular weight excluding hydrogens is 438 g/mol. The minimum Gasteiger partial charge on any atom is -0.480 e. The molecular formula is C19H24ClNO6S2. The molecule has 0 radical (unpaired) electrons. The second kappa shape index (κ2) is 11.1. The van der Waals surface area contributed by atoms with E-state index in [-0.39, 0.29) is 6.61 Å². The Morgan fingerprint density at radius 2 is 2.07 bits per heavy atom. The summed E-state index contributed by atoms with van der Waals surface area (Å²) in [6.07, 6.45) is 2.39. The SMILES string of the molecule is CCCCOS(=O)(=O)O.O=C(O)[C@H](c1ccccc1Cl)N1CCc2sccc2C1. The first kappa shape index (κ1) is 23.8. The number of nitrogens with zero attached hydrogens (tertiary/aromatic N) is 1. The number of aliphatic carboxylic acids is 1. The fourth-order valence-corrected chi connectivity index (χ4v) is 4.44. The fourth-order valence-electron chi connectivity index (χ4n) is 2.98. The third-order valence-corrected chi connectivity index (χ3v) is 6.20. The van der Waals surface area contributed by atoms with Gasteiger partial charge in [-0.05, 0) is 41.5 Å². The summed E-state index contributed by atoms with van der Waals surface area (Å²) in [5.41, 5.74) is 1.90. The van der Waals surface area contributed by atoms with Crippen LogP contribution in [0.3, 0.4) is 0 Å². The van der Waals surface area contributed by atoms with Gasteiger partial charge in [-0.1, -0.05) is 43.1 Å². The molecule has 2 aromatic rings. The number of hydrogen-bond acceptors (Lipinski definition) is 6. The van der Waals surface area contributed by atoms with E-state index >= 15 is 0 Å². The number of carbonyl (C=O) groups is 1. The standard InChI is InChI=1S/C15H14ClNO2S.C4H10O4S/c16-12-4-2-1-3-11(12)14(15(18)19)17-7-5-13-10(9-17)6-8-20-13;1-2-3-4-8-9(5,6)7/h1-4,6,8,14H,5,7,9H2,(H,18,19);2-4H2,1H3,(H,5,6,7)/t14-;/m0./s1.